The lowest BCUT2D eigenvalue weighted by molar-refractivity contribution is -0.139. The largest absolute Gasteiger partial charge is 0.494 e. The van der Waals surface area contributed by atoms with Crippen molar-refractivity contribution in [3.05, 3.63) is 76.8 Å². The monoisotopic (exact) mass is 924 g/mol. The molecule has 0 radical (unpaired) electrons. The number of rotatable bonds is 20. The number of carbonyl (C=O) groups is 6. The van der Waals surface area contributed by atoms with Crippen molar-refractivity contribution in [3.8, 4) is 11.5 Å². The Bertz CT molecular complexity index is 2800. The highest BCUT2D eigenvalue weighted by atomic mass is 32.1. The molecule has 6 rings (SSSR count). The van der Waals surface area contributed by atoms with Crippen LogP contribution in [-0.4, -0.2) is 121 Å². The minimum absolute atomic E-state index is 0.00608. The van der Waals surface area contributed by atoms with Gasteiger partial charge in [-0.2, -0.15) is 12.6 Å². The summed E-state index contributed by atoms with van der Waals surface area (Å²) in [6.07, 6.45) is 5.55. The number of aryl methyl sites for hydroxylation is 2. The van der Waals surface area contributed by atoms with Crippen molar-refractivity contribution in [2.24, 2.45) is 16.5 Å². The average molecular weight is 925 g/mol. The topological polar surface area (TPSA) is 277 Å². The quantitative estimate of drug-likeness (QED) is 0.0246. The lowest BCUT2D eigenvalue weighted by atomic mass is 10.1. The third kappa shape index (κ3) is 11.1. The maximum absolute atomic E-state index is 13.5. The second kappa shape index (κ2) is 21.0. The first-order valence-electron chi connectivity index (χ1n) is 21.0. The van der Waals surface area contributed by atoms with Gasteiger partial charge in [-0.15, -0.1) is 0 Å². The van der Waals surface area contributed by atoms with Crippen molar-refractivity contribution in [1.29, 1.82) is 0 Å². The summed E-state index contributed by atoms with van der Waals surface area (Å²) in [7, 11) is 3.08. The van der Waals surface area contributed by atoms with E-state index in [1.165, 1.54) is 36.3 Å². The van der Waals surface area contributed by atoms with E-state index >= 15 is 0 Å². The second-order valence-corrected chi connectivity index (χ2v) is 16.1. The number of methoxy groups -OCH3 is 1. The van der Waals surface area contributed by atoms with Crippen LogP contribution in [0.1, 0.15) is 65.3 Å². The Labute approximate surface area is 384 Å². The fourth-order valence-electron chi connectivity index (χ4n) is 7.19. The van der Waals surface area contributed by atoms with Gasteiger partial charge in [0.05, 0.1) is 30.0 Å². The van der Waals surface area contributed by atoms with Gasteiger partial charge in [0.1, 0.15) is 34.0 Å². The van der Waals surface area contributed by atoms with E-state index < -0.39 is 28.9 Å². The predicted octanol–water partition coefficient (Wildman–Crippen LogP) is 3.54. The van der Waals surface area contributed by atoms with Gasteiger partial charge in [0.2, 0.25) is 35.5 Å². The van der Waals surface area contributed by atoms with Gasteiger partial charge in [0, 0.05) is 69.9 Å². The summed E-state index contributed by atoms with van der Waals surface area (Å²) in [6.45, 7) is 8.12. The van der Waals surface area contributed by atoms with Gasteiger partial charge in [-0.25, -0.2) is 9.97 Å². The molecule has 0 saturated carbocycles. The van der Waals surface area contributed by atoms with Crippen LogP contribution in [0, 0.1) is 13.8 Å². The molecule has 1 aliphatic heterocycles. The minimum atomic E-state index is -0.693. The first-order valence-corrected chi connectivity index (χ1v) is 21.5. The third-order valence-electron chi connectivity index (χ3n) is 10.3. The summed E-state index contributed by atoms with van der Waals surface area (Å²) in [6, 6.07) is 8.20. The van der Waals surface area contributed by atoms with E-state index in [1.807, 2.05) is 31.2 Å². The lowest BCUT2D eigenvalue weighted by Crippen LogP contribution is -2.36. The molecule has 0 spiro atoms. The van der Waals surface area contributed by atoms with E-state index in [2.05, 4.69) is 38.4 Å². The fraction of sp³-hybridized carbons (Fsp3) is 0.364. The summed E-state index contributed by atoms with van der Waals surface area (Å²) in [4.78, 5) is 92.7. The van der Waals surface area contributed by atoms with Crippen LogP contribution in [0.15, 0.2) is 63.8 Å². The summed E-state index contributed by atoms with van der Waals surface area (Å²) >= 11 is 4.14. The standard InChI is InChI=1S/C44H52N12O9S/c1-7-47-30(19-25(3)45)40(60)50-44-49-29-21-27(39(46)59)22-32(63-6)37(29)55(44)13-8-9-14-56-38-28(48-43(56)51-41(61)31-20-26(4)65-52-31)17-24(2)18-33(38)64-16-10-12-53(5)35(57)11-15-54-36(58)23-34(66)42(54)62/h8-9,17-22,34,66H,7,10-16,23,45H2,1-6H3,(H2,46,59)(H,48,51,61)(H,49,50,60)/b9-8+,25-19-,47-30?. The molecule has 1 atom stereocenters. The zero-order valence-corrected chi connectivity index (χ0v) is 38.3. The van der Waals surface area contributed by atoms with Crippen LogP contribution in [0.25, 0.3) is 22.1 Å². The Morgan fingerprint density at radius 2 is 1.65 bits per heavy atom. The van der Waals surface area contributed by atoms with Crippen LogP contribution < -0.4 is 31.6 Å². The fourth-order valence-corrected chi connectivity index (χ4v) is 7.48. The number of imide groups is 1. The Morgan fingerprint density at radius 3 is 2.24 bits per heavy atom. The summed E-state index contributed by atoms with van der Waals surface area (Å²) < 4.78 is 20.6. The van der Waals surface area contributed by atoms with E-state index in [0.717, 1.165) is 10.5 Å². The first kappa shape index (κ1) is 48.0. The number of carbonyl (C=O) groups excluding carboxylic acids is 6. The number of fused-ring (bicyclic) bond motifs is 2. The smallest absolute Gasteiger partial charge is 0.280 e. The third-order valence-corrected chi connectivity index (χ3v) is 10.7. The number of amides is 6. The molecule has 66 heavy (non-hydrogen) atoms. The molecule has 1 fully saturated rings. The number of anilines is 2. The average Bonchev–Trinajstić information content (AvgIpc) is 4.01. The predicted molar refractivity (Wildman–Crippen MR) is 249 cm³/mol. The number of likely N-dealkylation sites (tertiary alicyclic amines) is 1. The number of ether oxygens (including phenoxy) is 2. The van der Waals surface area contributed by atoms with Crippen molar-refractivity contribution >= 4 is 87.7 Å². The van der Waals surface area contributed by atoms with E-state index in [0.29, 0.717) is 58.8 Å². The van der Waals surface area contributed by atoms with Gasteiger partial charge < -0.3 is 39.5 Å². The zero-order chi connectivity index (χ0) is 47.8. The van der Waals surface area contributed by atoms with E-state index in [4.69, 9.17) is 30.4 Å². The maximum Gasteiger partial charge on any atom is 0.280 e. The molecule has 6 N–H and O–H groups in total. The van der Waals surface area contributed by atoms with Crippen molar-refractivity contribution in [2.45, 2.75) is 65.3 Å². The number of hydrogen-bond acceptors (Lipinski definition) is 15. The van der Waals surface area contributed by atoms with Gasteiger partial charge in [0.15, 0.2) is 5.69 Å². The van der Waals surface area contributed by atoms with Crippen LogP contribution >= 0.6 is 12.6 Å². The van der Waals surface area contributed by atoms with Crippen LogP contribution in [0.5, 0.6) is 11.5 Å². The van der Waals surface area contributed by atoms with Crippen LogP contribution in [0.4, 0.5) is 11.9 Å². The number of aromatic nitrogens is 5. The van der Waals surface area contributed by atoms with Crippen LogP contribution in [0.3, 0.4) is 0 Å². The van der Waals surface area contributed by atoms with Gasteiger partial charge in [-0.1, -0.05) is 17.3 Å². The molecule has 6 amide bonds. The first-order chi connectivity index (χ1) is 31.5. The number of primary amides is 1. The molecule has 1 saturated heterocycles. The van der Waals surface area contributed by atoms with E-state index in [9.17, 15) is 28.8 Å². The number of nitrogens with zero attached hydrogens (tertiary/aromatic N) is 8. The molecule has 22 heteroatoms. The highest BCUT2D eigenvalue weighted by molar-refractivity contribution is 7.81. The Kier molecular flexibility index (Phi) is 15.3. The molecule has 0 bridgehead atoms. The molecule has 1 aliphatic rings. The van der Waals surface area contributed by atoms with Crippen molar-refractivity contribution in [3.63, 3.8) is 0 Å². The molecular weight excluding hydrogens is 873 g/mol. The van der Waals surface area contributed by atoms with Gasteiger partial charge in [0.25, 0.3) is 11.8 Å². The van der Waals surface area contributed by atoms with E-state index in [-0.39, 0.29) is 85.5 Å². The van der Waals surface area contributed by atoms with Gasteiger partial charge in [-0.05, 0) is 70.0 Å². The molecule has 1 unspecified atom stereocenters. The van der Waals surface area contributed by atoms with Crippen LogP contribution in [0.2, 0.25) is 0 Å². The van der Waals surface area contributed by atoms with Gasteiger partial charge >= 0.3 is 0 Å². The zero-order valence-electron chi connectivity index (χ0n) is 37.4. The number of aliphatic imine (C=N–C) groups is 1. The molecule has 348 valence electrons. The lowest BCUT2D eigenvalue weighted by Gasteiger charge is -2.20. The number of benzene rings is 2. The molecular formula is C44H52N12O9S. The molecule has 0 aliphatic carbocycles. The van der Waals surface area contributed by atoms with Crippen molar-refractivity contribution < 1.29 is 42.8 Å². The Hall–Kier alpha value is -7.49. The second-order valence-electron chi connectivity index (χ2n) is 15.5. The highest BCUT2D eigenvalue weighted by Gasteiger charge is 2.36. The number of imidazole rings is 2. The normalized spacial score (nSPS) is 14.5. The number of thiol groups is 1. The molecule has 21 nitrogen and oxygen atoms in total. The van der Waals surface area contributed by atoms with Crippen LogP contribution in [-0.2, 0) is 32.3 Å². The SMILES string of the molecule is CCN=C(/C=C(/C)N)C(=O)Nc1nc2cc(C(N)=O)cc(OC)c2n1C/C=C/Cn1c(NC(=O)c2cc(C)on2)nc2cc(C)cc(OCCCN(C)C(=O)CCN3C(=O)CC(S)C3=O)c21. The number of nitrogens with two attached hydrogens (primary N) is 2. The summed E-state index contributed by atoms with van der Waals surface area (Å²) in [5, 5.41) is 8.84. The Balaban J connectivity index is 1.27. The summed E-state index contributed by atoms with van der Waals surface area (Å²) in [5.41, 5.74) is 14.9. The van der Waals surface area contributed by atoms with Crippen molar-refractivity contribution in [1.82, 2.24) is 34.1 Å². The molecule has 3 aromatic heterocycles. The minimum Gasteiger partial charge on any atom is -0.494 e. The molecule has 2 aromatic carbocycles. The van der Waals surface area contributed by atoms with Gasteiger partial charge in [-0.3, -0.25) is 49.3 Å². The highest BCUT2D eigenvalue weighted by Crippen LogP contribution is 2.33. The molecule has 5 aromatic rings. The molecule has 4 heterocycles. The van der Waals surface area contributed by atoms with E-state index in [1.54, 1.807) is 37.0 Å². The van der Waals surface area contributed by atoms with Crippen molar-refractivity contribution in [2.75, 3.05) is 51.0 Å². The number of hydrogen-bond donors (Lipinski definition) is 5. The number of nitrogens with one attached hydrogen (secondary N) is 2. The number of allylic oxidation sites excluding steroid dienone is 3. The summed E-state index contributed by atoms with van der Waals surface area (Å²) in [5.74, 6) is -1.27. The maximum atomic E-state index is 13.5. The Morgan fingerprint density at radius 1 is 0.985 bits per heavy atom.